The number of amides is 1. The van der Waals surface area contributed by atoms with Crippen molar-refractivity contribution in [3.8, 4) is 5.75 Å². The van der Waals surface area contributed by atoms with Crippen molar-refractivity contribution in [3.05, 3.63) is 65.7 Å². The first-order valence-electron chi connectivity index (χ1n) is 7.22. The van der Waals surface area contributed by atoms with Crippen LogP contribution in [0.3, 0.4) is 0 Å². The molecule has 3 N–H and O–H groups in total. The summed E-state index contributed by atoms with van der Waals surface area (Å²) in [6.45, 7) is 1.79. The van der Waals surface area contributed by atoms with Gasteiger partial charge in [0.15, 0.2) is 0 Å². The van der Waals surface area contributed by atoms with Crippen LogP contribution in [0.4, 0.5) is 13.2 Å². The molecule has 0 radical (unpaired) electrons. The van der Waals surface area contributed by atoms with Gasteiger partial charge in [-0.05, 0) is 30.2 Å². The van der Waals surface area contributed by atoms with Crippen molar-refractivity contribution in [1.29, 1.82) is 0 Å². The Morgan fingerprint density at radius 3 is 2.12 bits per heavy atom. The molecule has 0 aliphatic heterocycles. The van der Waals surface area contributed by atoms with E-state index in [9.17, 15) is 18.0 Å². The molecule has 0 unspecified atom stereocenters. The van der Waals surface area contributed by atoms with E-state index in [1.165, 1.54) is 24.3 Å². The lowest BCUT2D eigenvalue weighted by Gasteiger charge is -2.22. The lowest BCUT2D eigenvalue weighted by molar-refractivity contribution is -0.274. The normalized spacial score (nSPS) is 14.0. The predicted molar refractivity (Wildman–Crippen MR) is 83.1 cm³/mol. The Kier molecular flexibility index (Phi) is 5.46. The quantitative estimate of drug-likeness (QED) is 0.848. The van der Waals surface area contributed by atoms with E-state index in [1.807, 2.05) is 6.07 Å². The van der Waals surface area contributed by atoms with Crippen molar-refractivity contribution in [3.63, 3.8) is 0 Å². The number of primary amides is 1. The van der Waals surface area contributed by atoms with Gasteiger partial charge >= 0.3 is 6.36 Å². The first kappa shape index (κ1) is 17.8. The number of halogens is 3. The SMILES string of the molecule is C[C@@H](N[C@@H](C(N)=O)c1ccccc1)c1ccc(OC(F)(F)F)cc1. The van der Waals surface area contributed by atoms with Crippen LogP contribution in [0.1, 0.15) is 30.1 Å². The predicted octanol–water partition coefficient (Wildman–Crippen LogP) is 3.46. The molecule has 24 heavy (non-hydrogen) atoms. The summed E-state index contributed by atoms with van der Waals surface area (Å²) in [7, 11) is 0. The Morgan fingerprint density at radius 1 is 1.04 bits per heavy atom. The zero-order valence-corrected chi connectivity index (χ0v) is 12.9. The lowest BCUT2D eigenvalue weighted by Crippen LogP contribution is -2.35. The van der Waals surface area contributed by atoms with Gasteiger partial charge in [0, 0.05) is 6.04 Å². The van der Waals surface area contributed by atoms with Gasteiger partial charge in [0.2, 0.25) is 5.91 Å². The van der Waals surface area contributed by atoms with Gasteiger partial charge in [0.1, 0.15) is 11.8 Å². The van der Waals surface area contributed by atoms with Crippen LogP contribution in [-0.4, -0.2) is 12.3 Å². The summed E-state index contributed by atoms with van der Waals surface area (Å²) in [6, 6.07) is 13.4. The molecule has 128 valence electrons. The van der Waals surface area contributed by atoms with Crippen LogP contribution in [0.2, 0.25) is 0 Å². The minimum atomic E-state index is -4.73. The second kappa shape index (κ2) is 7.35. The van der Waals surface area contributed by atoms with E-state index in [0.29, 0.717) is 11.1 Å². The molecule has 2 rings (SSSR count). The summed E-state index contributed by atoms with van der Waals surface area (Å²) >= 11 is 0. The molecular formula is C17H17F3N2O2. The molecule has 0 fully saturated rings. The third kappa shape index (κ3) is 4.99. The van der Waals surface area contributed by atoms with Crippen molar-refractivity contribution >= 4 is 5.91 Å². The van der Waals surface area contributed by atoms with Gasteiger partial charge in [-0.3, -0.25) is 10.1 Å². The Labute approximate surface area is 137 Å². The standard InChI is InChI=1S/C17H17F3N2O2/c1-11(12-7-9-14(10-8-12)24-17(18,19)20)22-15(16(21)23)13-5-3-2-4-6-13/h2-11,15,22H,1H3,(H2,21,23)/t11-,15-/m1/s1. The second-order valence-corrected chi connectivity index (χ2v) is 5.25. The molecule has 7 heteroatoms. The molecule has 2 aromatic rings. The van der Waals surface area contributed by atoms with Crippen LogP contribution in [0.15, 0.2) is 54.6 Å². The van der Waals surface area contributed by atoms with E-state index < -0.39 is 18.3 Å². The van der Waals surface area contributed by atoms with Crippen molar-refractivity contribution in [1.82, 2.24) is 5.32 Å². The third-order valence-electron chi connectivity index (χ3n) is 3.45. The second-order valence-electron chi connectivity index (χ2n) is 5.25. The number of carbonyl (C=O) groups is 1. The van der Waals surface area contributed by atoms with Crippen LogP contribution >= 0.6 is 0 Å². The number of nitrogens with two attached hydrogens (primary N) is 1. The Bertz CT molecular complexity index is 672. The topological polar surface area (TPSA) is 64.3 Å². The number of benzene rings is 2. The number of hydrogen-bond donors (Lipinski definition) is 2. The minimum absolute atomic E-state index is 0.298. The van der Waals surface area contributed by atoms with E-state index in [2.05, 4.69) is 10.1 Å². The fraction of sp³-hybridized carbons (Fsp3) is 0.235. The molecule has 0 aromatic heterocycles. The Morgan fingerprint density at radius 2 is 1.62 bits per heavy atom. The van der Waals surface area contributed by atoms with Gasteiger partial charge in [0.05, 0.1) is 0 Å². The molecule has 2 aromatic carbocycles. The maximum absolute atomic E-state index is 12.2. The number of nitrogens with one attached hydrogen (secondary N) is 1. The molecule has 0 saturated carbocycles. The zero-order valence-electron chi connectivity index (χ0n) is 12.9. The lowest BCUT2D eigenvalue weighted by atomic mass is 10.0. The maximum atomic E-state index is 12.2. The summed E-state index contributed by atoms with van der Waals surface area (Å²) in [5, 5.41) is 3.08. The first-order chi connectivity index (χ1) is 11.3. The average Bonchev–Trinajstić information content (AvgIpc) is 2.52. The van der Waals surface area contributed by atoms with Crippen LogP contribution in [0.25, 0.3) is 0 Å². The number of ether oxygens (including phenoxy) is 1. The minimum Gasteiger partial charge on any atom is -0.406 e. The molecule has 4 nitrogen and oxygen atoms in total. The number of rotatable bonds is 6. The summed E-state index contributed by atoms with van der Waals surface area (Å²) in [6.07, 6.45) is -4.73. The largest absolute Gasteiger partial charge is 0.573 e. The number of alkyl halides is 3. The first-order valence-corrected chi connectivity index (χ1v) is 7.22. The summed E-state index contributed by atoms with van der Waals surface area (Å²) in [5.74, 6) is -0.835. The van der Waals surface area contributed by atoms with Crippen molar-refractivity contribution in [2.75, 3.05) is 0 Å². The summed E-state index contributed by atoms with van der Waals surface area (Å²) in [5.41, 5.74) is 6.86. The average molecular weight is 338 g/mol. The molecular weight excluding hydrogens is 321 g/mol. The molecule has 2 atom stereocenters. The van der Waals surface area contributed by atoms with Crippen molar-refractivity contribution in [2.45, 2.75) is 25.4 Å². The molecule has 1 amide bonds. The molecule has 0 heterocycles. The highest BCUT2D eigenvalue weighted by atomic mass is 19.4. The third-order valence-corrected chi connectivity index (χ3v) is 3.45. The summed E-state index contributed by atoms with van der Waals surface area (Å²) < 4.78 is 40.3. The molecule has 0 bridgehead atoms. The van der Waals surface area contributed by atoms with E-state index in [-0.39, 0.29) is 11.8 Å². The monoisotopic (exact) mass is 338 g/mol. The van der Waals surface area contributed by atoms with Crippen LogP contribution < -0.4 is 15.8 Å². The highest BCUT2D eigenvalue weighted by Crippen LogP contribution is 2.25. The fourth-order valence-electron chi connectivity index (χ4n) is 2.29. The van der Waals surface area contributed by atoms with Gasteiger partial charge in [-0.1, -0.05) is 42.5 Å². The van der Waals surface area contributed by atoms with E-state index in [0.717, 1.165) is 0 Å². The van der Waals surface area contributed by atoms with E-state index >= 15 is 0 Å². The number of hydrogen-bond acceptors (Lipinski definition) is 3. The fourth-order valence-corrected chi connectivity index (χ4v) is 2.29. The van der Waals surface area contributed by atoms with E-state index in [4.69, 9.17) is 5.73 Å². The van der Waals surface area contributed by atoms with Crippen LogP contribution in [0, 0.1) is 0 Å². The van der Waals surface area contributed by atoms with Crippen LogP contribution in [-0.2, 0) is 4.79 Å². The highest BCUT2D eigenvalue weighted by molar-refractivity contribution is 5.81. The van der Waals surface area contributed by atoms with Gasteiger partial charge in [-0.25, -0.2) is 0 Å². The Balaban J connectivity index is 2.10. The van der Waals surface area contributed by atoms with Gasteiger partial charge in [-0.2, -0.15) is 0 Å². The maximum Gasteiger partial charge on any atom is 0.573 e. The van der Waals surface area contributed by atoms with Gasteiger partial charge in [-0.15, -0.1) is 13.2 Å². The van der Waals surface area contributed by atoms with E-state index in [1.54, 1.807) is 31.2 Å². The van der Waals surface area contributed by atoms with Gasteiger partial charge < -0.3 is 10.5 Å². The highest BCUT2D eigenvalue weighted by Gasteiger charge is 2.31. The van der Waals surface area contributed by atoms with Crippen molar-refractivity contribution < 1.29 is 22.7 Å². The van der Waals surface area contributed by atoms with Gasteiger partial charge in [0.25, 0.3) is 0 Å². The van der Waals surface area contributed by atoms with Crippen LogP contribution in [0.5, 0.6) is 5.75 Å². The van der Waals surface area contributed by atoms with Crippen molar-refractivity contribution in [2.24, 2.45) is 5.73 Å². The smallest absolute Gasteiger partial charge is 0.406 e. The molecule has 0 aliphatic carbocycles. The molecule has 0 aliphatic rings. The summed E-state index contributed by atoms with van der Waals surface area (Å²) in [4.78, 5) is 11.7. The number of carbonyl (C=O) groups excluding carboxylic acids is 1. The Hall–Kier alpha value is -2.54. The molecule has 0 spiro atoms. The zero-order chi connectivity index (χ0) is 17.7. The molecule has 0 saturated heterocycles.